The standard InChI is InChI=1S/C28H31N3O4/c1-3-16-29-28(33)26(18-22-11-5-4-6-12-22)30(20-23-13-9-10-21(2)17-23)27(32)19-24-14-7-8-15-25(24)31(34)35/h4-15,17,26H,3,16,18-20H2,1-2H3,(H,29,33)/t26-/m0/s1. The third-order valence-electron chi connectivity index (χ3n) is 5.79. The van der Waals surface area contributed by atoms with Crippen molar-refractivity contribution in [1.29, 1.82) is 0 Å². The fourth-order valence-corrected chi connectivity index (χ4v) is 4.03. The van der Waals surface area contributed by atoms with Crippen molar-refractivity contribution < 1.29 is 14.5 Å². The van der Waals surface area contributed by atoms with Crippen LogP contribution in [0.15, 0.2) is 78.9 Å². The van der Waals surface area contributed by atoms with Gasteiger partial charge in [0, 0.05) is 31.1 Å². The average molecular weight is 474 g/mol. The number of amides is 2. The number of nitrogens with one attached hydrogen (secondary N) is 1. The van der Waals surface area contributed by atoms with E-state index in [2.05, 4.69) is 5.32 Å². The van der Waals surface area contributed by atoms with E-state index in [0.717, 1.165) is 23.1 Å². The Morgan fingerprint density at radius 1 is 0.971 bits per heavy atom. The molecule has 2 amide bonds. The highest BCUT2D eigenvalue weighted by molar-refractivity contribution is 5.89. The van der Waals surface area contributed by atoms with E-state index in [0.29, 0.717) is 18.5 Å². The van der Waals surface area contributed by atoms with Gasteiger partial charge in [-0.3, -0.25) is 19.7 Å². The number of nitro groups is 1. The minimum absolute atomic E-state index is 0.105. The lowest BCUT2D eigenvalue weighted by molar-refractivity contribution is -0.385. The zero-order valence-corrected chi connectivity index (χ0v) is 20.1. The van der Waals surface area contributed by atoms with Crippen LogP contribution < -0.4 is 5.32 Å². The van der Waals surface area contributed by atoms with Crippen molar-refractivity contribution >= 4 is 17.5 Å². The summed E-state index contributed by atoms with van der Waals surface area (Å²) in [6.07, 6.45) is 0.936. The van der Waals surface area contributed by atoms with Crippen LogP contribution in [0.5, 0.6) is 0 Å². The molecule has 0 bridgehead atoms. The van der Waals surface area contributed by atoms with Crippen LogP contribution in [0.25, 0.3) is 0 Å². The fourth-order valence-electron chi connectivity index (χ4n) is 4.03. The lowest BCUT2D eigenvalue weighted by Gasteiger charge is -2.31. The van der Waals surface area contributed by atoms with Crippen molar-refractivity contribution in [1.82, 2.24) is 10.2 Å². The summed E-state index contributed by atoms with van der Waals surface area (Å²) in [6.45, 7) is 4.66. The van der Waals surface area contributed by atoms with Crippen LogP contribution in [0.4, 0.5) is 5.69 Å². The summed E-state index contributed by atoms with van der Waals surface area (Å²) in [4.78, 5) is 39.6. The molecule has 0 radical (unpaired) electrons. The molecule has 1 N–H and O–H groups in total. The van der Waals surface area contributed by atoms with E-state index in [9.17, 15) is 19.7 Å². The van der Waals surface area contributed by atoms with Gasteiger partial charge in [0.05, 0.1) is 11.3 Å². The van der Waals surface area contributed by atoms with Gasteiger partial charge in [-0.05, 0) is 24.5 Å². The summed E-state index contributed by atoms with van der Waals surface area (Å²) in [5.74, 6) is -0.576. The maximum absolute atomic E-state index is 13.7. The number of carbonyl (C=O) groups is 2. The molecule has 0 saturated heterocycles. The summed E-state index contributed by atoms with van der Waals surface area (Å²) in [7, 11) is 0. The summed E-state index contributed by atoms with van der Waals surface area (Å²) >= 11 is 0. The summed E-state index contributed by atoms with van der Waals surface area (Å²) in [5, 5.41) is 14.5. The minimum Gasteiger partial charge on any atom is -0.354 e. The van der Waals surface area contributed by atoms with E-state index < -0.39 is 11.0 Å². The number of hydrogen-bond acceptors (Lipinski definition) is 4. The molecular weight excluding hydrogens is 442 g/mol. The molecule has 3 aromatic carbocycles. The molecule has 0 aliphatic rings. The van der Waals surface area contributed by atoms with Gasteiger partial charge in [0.25, 0.3) is 5.69 Å². The molecule has 0 unspecified atom stereocenters. The van der Waals surface area contributed by atoms with Crippen LogP contribution >= 0.6 is 0 Å². The minimum atomic E-state index is -0.764. The molecule has 0 aliphatic carbocycles. The number of para-hydroxylation sites is 1. The number of rotatable bonds is 11. The summed E-state index contributed by atoms with van der Waals surface area (Å²) in [5.41, 5.74) is 3.08. The van der Waals surface area contributed by atoms with Crippen LogP contribution in [-0.4, -0.2) is 34.2 Å². The zero-order valence-electron chi connectivity index (χ0n) is 20.1. The number of nitrogens with zero attached hydrogens (tertiary/aromatic N) is 2. The predicted octanol–water partition coefficient (Wildman–Crippen LogP) is 4.61. The van der Waals surface area contributed by atoms with E-state index in [1.807, 2.05) is 68.4 Å². The molecule has 0 spiro atoms. The van der Waals surface area contributed by atoms with Gasteiger partial charge in [-0.2, -0.15) is 0 Å². The number of nitro benzene ring substituents is 1. The van der Waals surface area contributed by atoms with Crippen molar-refractivity contribution in [3.05, 3.63) is 111 Å². The van der Waals surface area contributed by atoms with Crippen LogP contribution in [0.3, 0.4) is 0 Å². The Bertz CT molecular complexity index is 1160. The third-order valence-corrected chi connectivity index (χ3v) is 5.79. The first-order valence-corrected chi connectivity index (χ1v) is 11.8. The Morgan fingerprint density at radius 2 is 1.66 bits per heavy atom. The highest BCUT2D eigenvalue weighted by Gasteiger charge is 2.31. The number of hydrogen-bond donors (Lipinski definition) is 1. The van der Waals surface area contributed by atoms with E-state index in [1.165, 1.54) is 6.07 Å². The number of aryl methyl sites for hydroxylation is 1. The molecular formula is C28H31N3O4. The second-order valence-electron chi connectivity index (χ2n) is 8.57. The topological polar surface area (TPSA) is 92.6 Å². The molecule has 35 heavy (non-hydrogen) atoms. The van der Waals surface area contributed by atoms with Crippen LogP contribution in [-0.2, 0) is 29.0 Å². The maximum Gasteiger partial charge on any atom is 0.273 e. The highest BCUT2D eigenvalue weighted by Crippen LogP contribution is 2.22. The number of carbonyl (C=O) groups excluding carboxylic acids is 2. The molecule has 0 aliphatic heterocycles. The molecule has 0 saturated carbocycles. The molecule has 0 aromatic heterocycles. The first kappa shape index (κ1) is 25.6. The van der Waals surface area contributed by atoms with Gasteiger partial charge in [0.1, 0.15) is 6.04 Å². The Labute approximate surface area is 205 Å². The van der Waals surface area contributed by atoms with Crippen molar-refractivity contribution in [3.63, 3.8) is 0 Å². The van der Waals surface area contributed by atoms with Gasteiger partial charge in [-0.1, -0.05) is 85.3 Å². The SMILES string of the molecule is CCCNC(=O)[C@H](Cc1ccccc1)N(Cc1cccc(C)c1)C(=O)Cc1ccccc1[N+](=O)[O-]. The van der Waals surface area contributed by atoms with Crippen LogP contribution in [0.1, 0.15) is 35.6 Å². The Kier molecular flexibility index (Phi) is 9.12. The van der Waals surface area contributed by atoms with Gasteiger partial charge < -0.3 is 10.2 Å². The maximum atomic E-state index is 13.7. The summed E-state index contributed by atoms with van der Waals surface area (Å²) in [6, 6.07) is 22.8. The molecule has 3 aromatic rings. The van der Waals surface area contributed by atoms with E-state index in [-0.39, 0.29) is 30.5 Å². The lowest BCUT2D eigenvalue weighted by Crippen LogP contribution is -2.51. The van der Waals surface area contributed by atoms with Crippen LogP contribution in [0, 0.1) is 17.0 Å². The first-order chi connectivity index (χ1) is 16.9. The largest absolute Gasteiger partial charge is 0.354 e. The molecule has 0 fully saturated rings. The second kappa shape index (κ2) is 12.5. The Morgan fingerprint density at radius 3 is 2.34 bits per heavy atom. The zero-order chi connectivity index (χ0) is 25.2. The van der Waals surface area contributed by atoms with Gasteiger partial charge in [0.2, 0.25) is 11.8 Å². The summed E-state index contributed by atoms with van der Waals surface area (Å²) < 4.78 is 0. The molecule has 182 valence electrons. The van der Waals surface area contributed by atoms with Gasteiger partial charge >= 0.3 is 0 Å². The van der Waals surface area contributed by atoms with Crippen molar-refractivity contribution in [3.8, 4) is 0 Å². The lowest BCUT2D eigenvalue weighted by atomic mass is 10.0. The number of benzene rings is 3. The highest BCUT2D eigenvalue weighted by atomic mass is 16.6. The molecule has 3 rings (SSSR count). The Balaban J connectivity index is 2.00. The second-order valence-corrected chi connectivity index (χ2v) is 8.57. The first-order valence-electron chi connectivity index (χ1n) is 11.8. The fraction of sp³-hybridized carbons (Fsp3) is 0.286. The van der Waals surface area contributed by atoms with E-state index >= 15 is 0 Å². The van der Waals surface area contributed by atoms with Crippen molar-refractivity contribution in [2.24, 2.45) is 0 Å². The van der Waals surface area contributed by atoms with Gasteiger partial charge in [-0.15, -0.1) is 0 Å². The molecule has 7 heteroatoms. The van der Waals surface area contributed by atoms with Crippen molar-refractivity contribution in [2.45, 2.75) is 45.7 Å². The predicted molar refractivity (Wildman–Crippen MR) is 136 cm³/mol. The van der Waals surface area contributed by atoms with Crippen LogP contribution in [0.2, 0.25) is 0 Å². The molecule has 7 nitrogen and oxygen atoms in total. The van der Waals surface area contributed by atoms with Crippen molar-refractivity contribution in [2.75, 3.05) is 6.54 Å². The van der Waals surface area contributed by atoms with Gasteiger partial charge in [-0.25, -0.2) is 0 Å². The third kappa shape index (κ3) is 7.24. The molecule has 0 heterocycles. The van der Waals surface area contributed by atoms with E-state index in [1.54, 1.807) is 23.1 Å². The Hall–Kier alpha value is -4.00. The normalized spacial score (nSPS) is 11.5. The molecule has 1 atom stereocenters. The average Bonchev–Trinajstić information content (AvgIpc) is 2.85. The smallest absolute Gasteiger partial charge is 0.273 e. The van der Waals surface area contributed by atoms with E-state index in [4.69, 9.17) is 0 Å². The quantitative estimate of drug-likeness (QED) is 0.325. The monoisotopic (exact) mass is 473 g/mol. The van der Waals surface area contributed by atoms with Gasteiger partial charge in [0.15, 0.2) is 0 Å².